The van der Waals surface area contributed by atoms with Gasteiger partial charge in [0, 0.05) is 28.7 Å². The third-order valence-electron chi connectivity index (χ3n) is 6.21. The number of benzene rings is 3. The Hall–Kier alpha value is -3.97. The Kier molecular flexibility index (Phi) is 6.57. The molecule has 2 heterocycles. The van der Waals surface area contributed by atoms with Gasteiger partial charge in [0.15, 0.2) is 6.10 Å². The van der Waals surface area contributed by atoms with Crippen LogP contribution in [0.15, 0.2) is 78.2 Å². The molecule has 1 aromatic heterocycles. The average Bonchev–Trinajstić information content (AvgIpc) is 3.38. The van der Waals surface area contributed by atoms with Crippen LogP contribution < -0.4 is 14.5 Å². The van der Waals surface area contributed by atoms with Gasteiger partial charge in [0.05, 0.1) is 11.4 Å². The molecule has 182 valence electrons. The van der Waals surface area contributed by atoms with E-state index in [1.807, 2.05) is 92.0 Å². The predicted molar refractivity (Wildman–Crippen MR) is 145 cm³/mol. The zero-order valence-corrected chi connectivity index (χ0v) is 21.3. The van der Waals surface area contributed by atoms with Crippen LogP contribution in [0, 0.1) is 6.92 Å². The van der Waals surface area contributed by atoms with Crippen LogP contribution in [0.2, 0.25) is 0 Å². The normalized spacial score (nSPS) is 14.8. The summed E-state index contributed by atoms with van der Waals surface area (Å²) in [5, 5.41) is 2.93. The Morgan fingerprint density at radius 3 is 2.61 bits per heavy atom. The van der Waals surface area contributed by atoms with Gasteiger partial charge >= 0.3 is 0 Å². The van der Waals surface area contributed by atoms with Crippen molar-refractivity contribution in [3.05, 3.63) is 83.7 Å². The Labute approximate surface area is 214 Å². The molecule has 1 aliphatic rings. The monoisotopic (exact) mass is 497 g/mol. The maximum Gasteiger partial charge on any atom is 0.268 e. The van der Waals surface area contributed by atoms with E-state index < -0.39 is 6.10 Å². The molecule has 4 aromatic rings. The van der Waals surface area contributed by atoms with E-state index in [1.165, 1.54) is 4.90 Å². The lowest BCUT2D eigenvalue weighted by Crippen LogP contribution is -2.49. The smallest absolute Gasteiger partial charge is 0.268 e. The zero-order chi connectivity index (χ0) is 25.2. The minimum atomic E-state index is -0.672. The van der Waals surface area contributed by atoms with Crippen LogP contribution >= 0.6 is 11.3 Å². The van der Waals surface area contributed by atoms with Gasteiger partial charge in [-0.05, 0) is 56.7 Å². The van der Waals surface area contributed by atoms with Gasteiger partial charge in [-0.1, -0.05) is 42.5 Å². The van der Waals surface area contributed by atoms with Crippen LogP contribution in [-0.2, 0) is 9.59 Å². The summed E-state index contributed by atoms with van der Waals surface area (Å²) in [4.78, 5) is 34.6. The van der Waals surface area contributed by atoms with Gasteiger partial charge in [-0.3, -0.25) is 14.5 Å². The van der Waals surface area contributed by atoms with Crippen molar-refractivity contribution in [3.63, 3.8) is 0 Å². The van der Waals surface area contributed by atoms with E-state index in [0.29, 0.717) is 18.0 Å². The minimum Gasteiger partial charge on any atom is -0.479 e. The number of ether oxygens (including phenoxy) is 1. The van der Waals surface area contributed by atoms with Gasteiger partial charge in [-0.2, -0.15) is 0 Å². The van der Waals surface area contributed by atoms with E-state index >= 15 is 0 Å². The zero-order valence-electron chi connectivity index (χ0n) is 20.5. The van der Waals surface area contributed by atoms with Crippen molar-refractivity contribution in [1.82, 2.24) is 4.98 Å². The van der Waals surface area contributed by atoms with E-state index in [0.717, 1.165) is 33.1 Å². The number of anilines is 2. The third-order valence-corrected chi connectivity index (χ3v) is 7.10. The van der Waals surface area contributed by atoms with Gasteiger partial charge in [-0.15, -0.1) is 11.3 Å². The number of nitrogens with zero attached hydrogens (tertiary/aromatic N) is 3. The topological polar surface area (TPSA) is 62.7 Å². The number of carbonyl (C=O) groups is 2. The Morgan fingerprint density at radius 2 is 1.86 bits per heavy atom. The fourth-order valence-corrected chi connectivity index (χ4v) is 5.20. The van der Waals surface area contributed by atoms with Crippen LogP contribution in [0.4, 0.5) is 11.4 Å². The van der Waals surface area contributed by atoms with E-state index in [4.69, 9.17) is 9.72 Å². The number of likely N-dealkylation sites (N-methyl/N-ethyl adjacent to an activating group) is 1. The molecular formula is C29H27N3O3S. The maximum atomic E-state index is 13.4. The van der Waals surface area contributed by atoms with Crippen molar-refractivity contribution in [2.24, 2.45) is 0 Å². The van der Waals surface area contributed by atoms with Crippen molar-refractivity contribution in [3.8, 4) is 27.6 Å². The number of aryl methyl sites for hydroxylation is 1. The van der Waals surface area contributed by atoms with E-state index in [2.05, 4.69) is 0 Å². The summed E-state index contributed by atoms with van der Waals surface area (Å²) in [5.41, 5.74) is 5.21. The molecule has 6 nitrogen and oxygen atoms in total. The van der Waals surface area contributed by atoms with Gasteiger partial charge in [0.25, 0.3) is 5.91 Å². The molecular weight excluding hydrogens is 470 g/mol. The molecule has 5 rings (SSSR count). The molecule has 0 N–H and O–H groups in total. The molecule has 0 radical (unpaired) electrons. The van der Waals surface area contributed by atoms with Crippen LogP contribution in [-0.4, -0.2) is 36.0 Å². The van der Waals surface area contributed by atoms with Crippen LogP contribution in [0.3, 0.4) is 0 Å². The first-order valence-corrected chi connectivity index (χ1v) is 12.8. The van der Waals surface area contributed by atoms with Crippen LogP contribution in [0.5, 0.6) is 5.75 Å². The summed E-state index contributed by atoms with van der Waals surface area (Å²) in [6, 6.07) is 23.5. The van der Waals surface area contributed by atoms with Crippen LogP contribution in [0.25, 0.3) is 21.8 Å². The Morgan fingerprint density at radius 1 is 1.06 bits per heavy atom. The first-order valence-electron chi connectivity index (χ1n) is 11.9. The van der Waals surface area contributed by atoms with E-state index in [-0.39, 0.29) is 18.4 Å². The molecule has 7 heteroatoms. The SMILES string of the molecule is CCN(C(=O)CN1C(=O)C(C)Oc2ccc(-c3csc(-c4ccccc4)n3)cc21)c1cccc(C)c1. The quantitative estimate of drug-likeness (QED) is 0.330. The molecule has 0 saturated carbocycles. The lowest BCUT2D eigenvalue weighted by atomic mass is 10.1. The summed E-state index contributed by atoms with van der Waals surface area (Å²) in [6.45, 7) is 6.07. The highest BCUT2D eigenvalue weighted by Crippen LogP contribution is 2.38. The number of amides is 2. The second-order valence-corrected chi connectivity index (χ2v) is 9.61. The molecule has 1 atom stereocenters. The van der Waals surface area contributed by atoms with Crippen molar-refractivity contribution < 1.29 is 14.3 Å². The molecule has 1 unspecified atom stereocenters. The molecule has 0 spiro atoms. The highest BCUT2D eigenvalue weighted by Gasteiger charge is 2.34. The molecule has 0 saturated heterocycles. The fourth-order valence-electron chi connectivity index (χ4n) is 4.37. The number of fused-ring (bicyclic) bond motifs is 1. The molecule has 0 aliphatic carbocycles. The maximum absolute atomic E-state index is 13.4. The fraction of sp³-hybridized carbons (Fsp3) is 0.207. The minimum absolute atomic E-state index is 0.0723. The standard InChI is InChI=1S/C29H27N3O3S/c1-4-31(23-12-8-9-19(2)15-23)27(33)17-32-25-16-22(13-14-26(25)35-20(3)29(32)34)24-18-36-28(30-24)21-10-6-5-7-11-21/h5-16,18,20H,4,17H2,1-3H3. The first-order chi connectivity index (χ1) is 17.4. The number of hydrogen-bond donors (Lipinski definition) is 0. The summed E-state index contributed by atoms with van der Waals surface area (Å²) in [6.07, 6.45) is -0.672. The Balaban J connectivity index is 1.46. The lowest BCUT2D eigenvalue weighted by molar-refractivity contribution is -0.127. The predicted octanol–water partition coefficient (Wildman–Crippen LogP) is 5.95. The Bertz CT molecular complexity index is 1420. The number of carbonyl (C=O) groups excluding carboxylic acids is 2. The molecule has 1 aliphatic heterocycles. The summed E-state index contributed by atoms with van der Waals surface area (Å²) >= 11 is 1.57. The molecule has 3 aromatic carbocycles. The number of rotatable bonds is 6. The second kappa shape index (κ2) is 9.95. The van der Waals surface area contributed by atoms with Crippen molar-refractivity contribution in [2.45, 2.75) is 26.9 Å². The molecule has 36 heavy (non-hydrogen) atoms. The molecule has 0 fully saturated rings. The van der Waals surface area contributed by atoms with Crippen molar-refractivity contribution >= 4 is 34.5 Å². The van der Waals surface area contributed by atoms with Gasteiger partial charge in [0.2, 0.25) is 5.91 Å². The number of thiazole rings is 1. The van der Waals surface area contributed by atoms with Crippen LogP contribution in [0.1, 0.15) is 19.4 Å². The second-order valence-electron chi connectivity index (χ2n) is 8.75. The summed E-state index contributed by atoms with van der Waals surface area (Å²) < 4.78 is 5.87. The summed E-state index contributed by atoms with van der Waals surface area (Å²) in [7, 11) is 0. The van der Waals surface area contributed by atoms with E-state index in [1.54, 1.807) is 23.2 Å². The average molecular weight is 498 g/mol. The van der Waals surface area contributed by atoms with Crippen molar-refractivity contribution in [2.75, 3.05) is 22.9 Å². The lowest BCUT2D eigenvalue weighted by Gasteiger charge is -2.34. The largest absolute Gasteiger partial charge is 0.479 e. The summed E-state index contributed by atoms with van der Waals surface area (Å²) in [5.74, 6) is 0.189. The van der Waals surface area contributed by atoms with Gasteiger partial charge in [-0.25, -0.2) is 4.98 Å². The highest BCUT2D eigenvalue weighted by atomic mass is 32.1. The highest BCUT2D eigenvalue weighted by molar-refractivity contribution is 7.13. The van der Waals surface area contributed by atoms with Gasteiger partial charge in [0.1, 0.15) is 17.3 Å². The first kappa shape index (κ1) is 23.8. The van der Waals surface area contributed by atoms with Crippen molar-refractivity contribution in [1.29, 1.82) is 0 Å². The third kappa shape index (κ3) is 4.62. The molecule has 2 amide bonds. The van der Waals surface area contributed by atoms with E-state index in [9.17, 15) is 9.59 Å². The number of aromatic nitrogens is 1. The number of hydrogen-bond acceptors (Lipinski definition) is 5. The molecule has 0 bridgehead atoms. The van der Waals surface area contributed by atoms with Gasteiger partial charge < -0.3 is 9.64 Å².